The lowest BCUT2D eigenvalue weighted by Crippen LogP contribution is -2.13. The van der Waals surface area contributed by atoms with Gasteiger partial charge in [-0.25, -0.2) is 0 Å². The molecular formula is C14H19ClO3. The van der Waals surface area contributed by atoms with E-state index in [1.165, 1.54) is 7.11 Å². The first-order valence-corrected chi connectivity index (χ1v) is 6.26. The Bertz CT molecular complexity index is 429. The van der Waals surface area contributed by atoms with Gasteiger partial charge in [0, 0.05) is 5.38 Å². The molecule has 1 atom stereocenters. The van der Waals surface area contributed by atoms with Crippen molar-refractivity contribution in [2.45, 2.75) is 32.1 Å². The molecule has 1 unspecified atom stereocenters. The van der Waals surface area contributed by atoms with E-state index in [1.54, 1.807) is 7.11 Å². The topological polar surface area (TPSA) is 35.5 Å². The predicted octanol–water partition coefficient (Wildman–Crippen LogP) is 3.03. The fourth-order valence-electron chi connectivity index (χ4n) is 1.86. The van der Waals surface area contributed by atoms with Gasteiger partial charge in [-0.1, -0.05) is 6.07 Å². The highest BCUT2D eigenvalue weighted by atomic mass is 35.5. The summed E-state index contributed by atoms with van der Waals surface area (Å²) < 4.78 is 9.87. The van der Waals surface area contributed by atoms with Crippen LogP contribution in [0.2, 0.25) is 0 Å². The molecule has 1 aromatic rings. The quantitative estimate of drug-likeness (QED) is 0.609. The predicted molar refractivity (Wildman–Crippen MR) is 72.4 cm³/mol. The lowest BCUT2D eigenvalue weighted by atomic mass is 9.99. The maximum absolute atomic E-state index is 11.1. The highest BCUT2D eigenvalue weighted by Crippen LogP contribution is 2.24. The summed E-state index contributed by atoms with van der Waals surface area (Å²) in [6.07, 6.45) is 0.871. The van der Waals surface area contributed by atoms with Gasteiger partial charge in [-0.05, 0) is 43.0 Å². The molecule has 0 saturated carbocycles. The van der Waals surface area contributed by atoms with Crippen LogP contribution < -0.4 is 4.74 Å². The molecule has 0 fully saturated rings. The van der Waals surface area contributed by atoms with Crippen molar-refractivity contribution in [2.24, 2.45) is 0 Å². The maximum Gasteiger partial charge on any atom is 0.307 e. The summed E-state index contributed by atoms with van der Waals surface area (Å²) in [7, 11) is 3.03. The second-order valence-electron chi connectivity index (χ2n) is 4.33. The van der Waals surface area contributed by atoms with E-state index in [-0.39, 0.29) is 17.8 Å². The normalized spacial score (nSPS) is 12.1. The number of esters is 1. The van der Waals surface area contributed by atoms with Crippen LogP contribution >= 0.6 is 11.6 Å². The van der Waals surface area contributed by atoms with E-state index in [4.69, 9.17) is 16.3 Å². The highest BCUT2D eigenvalue weighted by Gasteiger charge is 2.14. The fraction of sp³-hybridized carbons (Fsp3) is 0.500. The van der Waals surface area contributed by atoms with Crippen LogP contribution in [0.4, 0.5) is 0 Å². The summed E-state index contributed by atoms with van der Waals surface area (Å²) in [5, 5.41) is -0.246. The van der Waals surface area contributed by atoms with Crippen molar-refractivity contribution in [1.82, 2.24) is 0 Å². The molecular weight excluding hydrogens is 252 g/mol. The van der Waals surface area contributed by atoms with Crippen molar-refractivity contribution >= 4 is 17.6 Å². The van der Waals surface area contributed by atoms with Crippen LogP contribution in [0.3, 0.4) is 0 Å². The van der Waals surface area contributed by atoms with Crippen molar-refractivity contribution in [3.05, 3.63) is 28.8 Å². The number of hydrogen-bond acceptors (Lipinski definition) is 3. The van der Waals surface area contributed by atoms with Crippen LogP contribution in [0, 0.1) is 13.8 Å². The van der Waals surface area contributed by atoms with Gasteiger partial charge in [0.25, 0.3) is 0 Å². The molecule has 0 aliphatic carbocycles. The molecule has 0 aliphatic rings. The van der Waals surface area contributed by atoms with Gasteiger partial charge in [0.15, 0.2) is 0 Å². The van der Waals surface area contributed by atoms with Crippen LogP contribution in [0.5, 0.6) is 5.75 Å². The molecule has 0 saturated heterocycles. The Morgan fingerprint density at radius 2 is 1.94 bits per heavy atom. The van der Waals surface area contributed by atoms with Crippen molar-refractivity contribution in [1.29, 1.82) is 0 Å². The molecule has 0 N–H and O–H groups in total. The largest absolute Gasteiger partial charge is 0.496 e. The van der Waals surface area contributed by atoms with Crippen molar-refractivity contribution in [3.63, 3.8) is 0 Å². The summed E-state index contributed by atoms with van der Waals surface area (Å²) in [6.45, 7) is 4.00. The van der Waals surface area contributed by atoms with Gasteiger partial charge in [-0.15, -0.1) is 11.6 Å². The first kappa shape index (κ1) is 14.8. The molecule has 18 heavy (non-hydrogen) atoms. The minimum atomic E-state index is -0.280. The van der Waals surface area contributed by atoms with E-state index in [9.17, 15) is 4.79 Å². The number of methoxy groups -OCH3 is 2. The van der Waals surface area contributed by atoms with E-state index in [2.05, 4.69) is 10.8 Å². The third-order valence-corrected chi connectivity index (χ3v) is 3.22. The summed E-state index contributed by atoms with van der Waals surface area (Å²) in [6, 6.07) is 4.05. The maximum atomic E-state index is 11.1. The number of halogens is 1. The number of ether oxygens (including phenoxy) is 2. The molecule has 0 aromatic heterocycles. The smallest absolute Gasteiger partial charge is 0.307 e. The second kappa shape index (κ2) is 6.64. The van der Waals surface area contributed by atoms with E-state index >= 15 is 0 Å². The molecule has 0 aliphatic heterocycles. The third-order valence-electron chi connectivity index (χ3n) is 2.91. The fourth-order valence-corrected chi connectivity index (χ4v) is 2.16. The second-order valence-corrected chi connectivity index (χ2v) is 4.95. The summed E-state index contributed by atoms with van der Waals surface area (Å²) in [5.41, 5.74) is 3.32. The van der Waals surface area contributed by atoms with Gasteiger partial charge in [0.2, 0.25) is 0 Å². The Labute approximate surface area is 113 Å². The van der Waals surface area contributed by atoms with Crippen LogP contribution in [-0.4, -0.2) is 25.6 Å². The molecule has 4 heteroatoms. The Morgan fingerprint density at radius 3 is 2.50 bits per heavy atom. The lowest BCUT2D eigenvalue weighted by Gasteiger charge is -2.13. The van der Waals surface area contributed by atoms with Gasteiger partial charge in [0.1, 0.15) is 5.75 Å². The Hall–Kier alpha value is -1.22. The van der Waals surface area contributed by atoms with Gasteiger partial charge in [-0.3, -0.25) is 4.79 Å². The van der Waals surface area contributed by atoms with E-state index in [0.29, 0.717) is 6.42 Å². The van der Waals surface area contributed by atoms with E-state index in [0.717, 1.165) is 22.4 Å². The zero-order chi connectivity index (χ0) is 13.7. The van der Waals surface area contributed by atoms with Gasteiger partial charge >= 0.3 is 5.97 Å². The van der Waals surface area contributed by atoms with Crippen LogP contribution in [0.1, 0.15) is 23.1 Å². The zero-order valence-corrected chi connectivity index (χ0v) is 12.0. The first-order chi connectivity index (χ1) is 8.47. The molecule has 100 valence electrons. The van der Waals surface area contributed by atoms with E-state index in [1.807, 2.05) is 19.9 Å². The Morgan fingerprint density at radius 1 is 1.28 bits per heavy atom. The zero-order valence-electron chi connectivity index (χ0n) is 11.2. The highest BCUT2D eigenvalue weighted by molar-refractivity contribution is 6.21. The molecule has 1 aromatic carbocycles. The Kier molecular flexibility index (Phi) is 5.48. The van der Waals surface area contributed by atoms with Crippen LogP contribution in [0.15, 0.2) is 12.1 Å². The monoisotopic (exact) mass is 270 g/mol. The minimum Gasteiger partial charge on any atom is -0.496 e. The number of carbonyl (C=O) groups excluding carboxylic acids is 1. The molecule has 0 bridgehead atoms. The SMILES string of the molecule is COC(=O)CC(Cl)Cc1cc(C)c(OC)cc1C. The number of hydrogen-bond donors (Lipinski definition) is 0. The van der Waals surface area contributed by atoms with Crippen molar-refractivity contribution < 1.29 is 14.3 Å². The average Bonchev–Trinajstić information content (AvgIpc) is 2.33. The van der Waals surface area contributed by atoms with E-state index < -0.39 is 0 Å². The molecule has 0 heterocycles. The lowest BCUT2D eigenvalue weighted by molar-refractivity contribution is -0.140. The van der Waals surface area contributed by atoms with Gasteiger partial charge < -0.3 is 9.47 Å². The van der Waals surface area contributed by atoms with Crippen LogP contribution in [0.25, 0.3) is 0 Å². The van der Waals surface area contributed by atoms with Crippen molar-refractivity contribution in [3.8, 4) is 5.75 Å². The summed E-state index contributed by atoms with van der Waals surface area (Å²) in [5.74, 6) is 0.591. The third kappa shape index (κ3) is 3.91. The Balaban J connectivity index is 2.78. The minimum absolute atomic E-state index is 0.225. The summed E-state index contributed by atoms with van der Waals surface area (Å²) >= 11 is 6.15. The molecule has 0 spiro atoms. The van der Waals surface area contributed by atoms with Crippen LogP contribution in [-0.2, 0) is 16.0 Å². The average molecular weight is 271 g/mol. The standard InChI is InChI=1S/C14H19ClO3/c1-9-6-13(17-3)10(2)5-11(9)7-12(15)8-14(16)18-4/h5-6,12H,7-8H2,1-4H3. The number of alkyl halides is 1. The molecule has 3 nitrogen and oxygen atoms in total. The summed E-state index contributed by atoms with van der Waals surface area (Å²) in [4.78, 5) is 11.1. The molecule has 0 radical (unpaired) electrons. The molecule has 0 amide bonds. The number of rotatable bonds is 5. The molecule has 1 rings (SSSR count). The number of carbonyl (C=O) groups is 1. The van der Waals surface area contributed by atoms with Crippen molar-refractivity contribution in [2.75, 3.05) is 14.2 Å². The number of aryl methyl sites for hydroxylation is 2. The van der Waals surface area contributed by atoms with Gasteiger partial charge in [0.05, 0.1) is 20.6 Å². The number of benzene rings is 1. The van der Waals surface area contributed by atoms with Gasteiger partial charge in [-0.2, -0.15) is 0 Å². The first-order valence-electron chi connectivity index (χ1n) is 5.83.